The van der Waals surface area contributed by atoms with Gasteiger partial charge in [0.15, 0.2) is 0 Å². The number of hydrogen-bond acceptors (Lipinski definition) is 5. The number of hydrogen-bond donors (Lipinski definition) is 2. The molecule has 0 aliphatic heterocycles. The van der Waals surface area contributed by atoms with Gasteiger partial charge in [0.1, 0.15) is 11.8 Å². The summed E-state index contributed by atoms with van der Waals surface area (Å²) in [5.74, 6) is -0.0907. The van der Waals surface area contributed by atoms with Gasteiger partial charge in [0.25, 0.3) is 0 Å². The summed E-state index contributed by atoms with van der Waals surface area (Å²) in [6.45, 7) is 1.28. The Kier molecular flexibility index (Phi) is 6.56. The molecule has 21 heavy (non-hydrogen) atoms. The minimum Gasteiger partial charge on any atom is -0.496 e. The molecule has 1 unspecified atom stereocenters. The van der Waals surface area contributed by atoms with Gasteiger partial charge in [0.2, 0.25) is 5.91 Å². The minimum atomic E-state index is -1.07. The predicted molar refractivity (Wildman–Crippen MR) is 79.1 cm³/mol. The molecular weight excluding hydrogens is 292 g/mol. The zero-order valence-electron chi connectivity index (χ0n) is 11.8. The molecular formula is C14H16N2O4S. The number of benzene rings is 1. The first-order chi connectivity index (χ1) is 9.97. The Morgan fingerprint density at radius 3 is 2.76 bits per heavy atom. The second kappa shape index (κ2) is 8.17. The summed E-state index contributed by atoms with van der Waals surface area (Å²) >= 11 is 1.35. The molecule has 7 heteroatoms. The molecule has 6 nitrogen and oxygen atoms in total. The van der Waals surface area contributed by atoms with Crippen molar-refractivity contribution in [3.8, 4) is 11.8 Å². The monoisotopic (exact) mass is 308 g/mol. The van der Waals surface area contributed by atoms with Gasteiger partial charge in [-0.1, -0.05) is 0 Å². The highest BCUT2D eigenvalue weighted by Gasteiger charge is 2.18. The van der Waals surface area contributed by atoms with E-state index in [2.05, 4.69) is 5.32 Å². The van der Waals surface area contributed by atoms with Crippen LogP contribution in [0.3, 0.4) is 0 Å². The first-order valence-electron chi connectivity index (χ1n) is 6.12. The lowest BCUT2D eigenvalue weighted by molar-refractivity contribution is -0.140. The van der Waals surface area contributed by atoms with Gasteiger partial charge in [-0.2, -0.15) is 17.0 Å². The van der Waals surface area contributed by atoms with Gasteiger partial charge in [-0.3, -0.25) is 4.79 Å². The molecule has 1 rings (SSSR count). The maximum Gasteiger partial charge on any atom is 0.327 e. The minimum absolute atomic E-state index is 0.231. The standard InChI is InChI=1S/C14H16N2O4S/c1-9(17)16-12(14(18)19)8-21-7-11-5-10(6-15)3-4-13(11)20-2/h3-5,12H,7-8H2,1-2H3,(H,16,17)(H,18,19). The SMILES string of the molecule is COc1ccc(C#N)cc1CSCC(NC(C)=O)C(=O)O. The fourth-order valence-electron chi connectivity index (χ4n) is 1.67. The van der Waals surface area contributed by atoms with Crippen LogP contribution in [0.15, 0.2) is 18.2 Å². The van der Waals surface area contributed by atoms with Crippen molar-refractivity contribution in [1.82, 2.24) is 5.32 Å². The number of carboxylic acids is 1. The van der Waals surface area contributed by atoms with Crippen molar-refractivity contribution >= 4 is 23.6 Å². The summed E-state index contributed by atoms with van der Waals surface area (Å²) in [6, 6.07) is 6.18. The summed E-state index contributed by atoms with van der Waals surface area (Å²) in [5.41, 5.74) is 1.33. The second-order valence-electron chi connectivity index (χ2n) is 4.24. The molecule has 1 atom stereocenters. The number of aliphatic carboxylic acids is 1. The molecule has 0 aromatic heterocycles. The van der Waals surface area contributed by atoms with Crippen LogP contribution in [0, 0.1) is 11.3 Å². The molecule has 1 amide bonds. The summed E-state index contributed by atoms with van der Waals surface area (Å²) < 4.78 is 5.21. The van der Waals surface area contributed by atoms with Crippen LogP contribution in [0.1, 0.15) is 18.1 Å². The summed E-state index contributed by atoms with van der Waals surface area (Å²) in [4.78, 5) is 21.9. The lowest BCUT2D eigenvalue weighted by Gasteiger charge is -2.13. The van der Waals surface area contributed by atoms with E-state index in [4.69, 9.17) is 15.1 Å². The zero-order valence-corrected chi connectivity index (χ0v) is 12.6. The lowest BCUT2D eigenvalue weighted by Crippen LogP contribution is -2.41. The van der Waals surface area contributed by atoms with Crippen molar-refractivity contribution in [2.45, 2.75) is 18.7 Å². The molecule has 0 saturated heterocycles. The largest absolute Gasteiger partial charge is 0.496 e. The third-order valence-electron chi connectivity index (χ3n) is 2.63. The summed E-state index contributed by atoms with van der Waals surface area (Å²) in [6.07, 6.45) is 0. The van der Waals surface area contributed by atoms with Crippen molar-refractivity contribution in [2.75, 3.05) is 12.9 Å². The van der Waals surface area contributed by atoms with Crippen LogP contribution in [0.2, 0.25) is 0 Å². The number of amides is 1. The van der Waals surface area contributed by atoms with Crippen LogP contribution in [0.4, 0.5) is 0 Å². The summed E-state index contributed by atoms with van der Waals surface area (Å²) in [5, 5.41) is 20.3. The predicted octanol–water partition coefficient (Wildman–Crippen LogP) is 1.39. The first-order valence-corrected chi connectivity index (χ1v) is 7.28. The fourth-order valence-corrected chi connectivity index (χ4v) is 2.69. The number of nitrogens with one attached hydrogen (secondary N) is 1. The molecule has 0 bridgehead atoms. The highest BCUT2D eigenvalue weighted by molar-refractivity contribution is 7.98. The van der Waals surface area contributed by atoms with E-state index in [1.807, 2.05) is 6.07 Å². The van der Waals surface area contributed by atoms with Crippen molar-refractivity contribution in [1.29, 1.82) is 5.26 Å². The van der Waals surface area contributed by atoms with Gasteiger partial charge < -0.3 is 15.2 Å². The van der Waals surface area contributed by atoms with Crippen LogP contribution in [0.25, 0.3) is 0 Å². The third-order valence-corrected chi connectivity index (χ3v) is 3.71. The number of carbonyl (C=O) groups is 2. The fraction of sp³-hybridized carbons (Fsp3) is 0.357. The average Bonchev–Trinajstić information content (AvgIpc) is 2.45. The number of ether oxygens (including phenoxy) is 1. The second-order valence-corrected chi connectivity index (χ2v) is 5.28. The number of carbonyl (C=O) groups excluding carboxylic acids is 1. The number of thioether (sulfide) groups is 1. The van der Waals surface area contributed by atoms with Gasteiger partial charge in [-0.25, -0.2) is 4.79 Å². The van der Waals surface area contributed by atoms with Gasteiger partial charge in [0.05, 0.1) is 18.7 Å². The Bertz CT molecular complexity index is 569. The van der Waals surface area contributed by atoms with Crippen molar-refractivity contribution < 1.29 is 19.4 Å². The number of nitrogens with zero attached hydrogens (tertiary/aromatic N) is 1. The molecule has 0 aliphatic carbocycles. The van der Waals surface area contributed by atoms with E-state index in [1.54, 1.807) is 18.2 Å². The lowest BCUT2D eigenvalue weighted by atomic mass is 10.1. The summed E-state index contributed by atoms with van der Waals surface area (Å²) in [7, 11) is 1.53. The molecule has 2 N–H and O–H groups in total. The van der Waals surface area contributed by atoms with E-state index in [0.29, 0.717) is 17.1 Å². The maximum atomic E-state index is 11.0. The van der Waals surface area contributed by atoms with Crippen LogP contribution in [0.5, 0.6) is 5.75 Å². The number of rotatable bonds is 7. The molecule has 0 radical (unpaired) electrons. The topological polar surface area (TPSA) is 99.4 Å². The smallest absolute Gasteiger partial charge is 0.327 e. The first kappa shape index (κ1) is 16.9. The van der Waals surface area contributed by atoms with Crippen molar-refractivity contribution in [3.63, 3.8) is 0 Å². The number of methoxy groups -OCH3 is 1. The van der Waals surface area contributed by atoms with Crippen LogP contribution in [-0.4, -0.2) is 35.9 Å². The molecule has 0 aliphatic rings. The molecule has 0 fully saturated rings. The normalized spacial score (nSPS) is 11.3. The van der Waals surface area contributed by atoms with Gasteiger partial charge in [-0.05, 0) is 18.2 Å². The Morgan fingerprint density at radius 1 is 1.52 bits per heavy atom. The van der Waals surface area contributed by atoms with Gasteiger partial charge in [0, 0.05) is 24.0 Å². The Morgan fingerprint density at radius 2 is 2.24 bits per heavy atom. The van der Waals surface area contributed by atoms with Crippen LogP contribution < -0.4 is 10.1 Å². The maximum absolute atomic E-state index is 11.0. The molecule has 0 saturated carbocycles. The van der Waals surface area contributed by atoms with E-state index in [-0.39, 0.29) is 11.7 Å². The van der Waals surface area contributed by atoms with Crippen molar-refractivity contribution in [2.24, 2.45) is 0 Å². The van der Waals surface area contributed by atoms with E-state index in [9.17, 15) is 9.59 Å². The Balaban J connectivity index is 2.68. The Labute approximate surface area is 127 Å². The molecule has 0 spiro atoms. The van der Waals surface area contributed by atoms with Gasteiger partial charge in [-0.15, -0.1) is 0 Å². The number of carboxylic acid groups (broad SMARTS) is 1. The molecule has 1 aromatic carbocycles. The van der Waals surface area contributed by atoms with Crippen molar-refractivity contribution in [3.05, 3.63) is 29.3 Å². The average molecular weight is 308 g/mol. The third kappa shape index (κ3) is 5.36. The highest BCUT2D eigenvalue weighted by atomic mass is 32.2. The number of nitriles is 1. The Hall–Kier alpha value is -2.20. The van der Waals surface area contributed by atoms with E-state index >= 15 is 0 Å². The molecule has 1 aromatic rings. The van der Waals surface area contributed by atoms with Crippen LogP contribution in [-0.2, 0) is 15.3 Å². The van der Waals surface area contributed by atoms with E-state index in [1.165, 1.54) is 25.8 Å². The zero-order chi connectivity index (χ0) is 15.8. The molecule has 112 valence electrons. The van der Waals surface area contributed by atoms with Gasteiger partial charge >= 0.3 is 5.97 Å². The van der Waals surface area contributed by atoms with E-state index in [0.717, 1.165) is 5.56 Å². The van der Waals surface area contributed by atoms with Crippen LogP contribution >= 0.6 is 11.8 Å². The quantitative estimate of drug-likeness (QED) is 0.789. The molecule has 0 heterocycles. The van der Waals surface area contributed by atoms with E-state index < -0.39 is 12.0 Å². The highest BCUT2D eigenvalue weighted by Crippen LogP contribution is 2.24.